The number of nitrogen functional groups attached to an aromatic ring is 1. The number of benzene rings is 1. The van der Waals surface area contributed by atoms with Crippen LogP contribution in [0.15, 0.2) is 24.3 Å². The van der Waals surface area contributed by atoms with Crippen LogP contribution in [0.25, 0.3) is 0 Å². The first-order chi connectivity index (χ1) is 9.77. The zero-order valence-corrected chi connectivity index (χ0v) is 11.8. The topological polar surface area (TPSA) is 82.8 Å². The van der Waals surface area contributed by atoms with Crippen molar-refractivity contribution in [2.75, 3.05) is 33.0 Å². The van der Waals surface area contributed by atoms with E-state index in [0.717, 1.165) is 13.0 Å². The molecular formula is C14H22N2O4. The van der Waals surface area contributed by atoms with E-state index < -0.39 is 0 Å². The van der Waals surface area contributed by atoms with Gasteiger partial charge in [-0.15, -0.1) is 0 Å². The van der Waals surface area contributed by atoms with Gasteiger partial charge in [-0.2, -0.15) is 0 Å². The molecule has 1 rings (SSSR count). The molecule has 1 amide bonds. The van der Waals surface area contributed by atoms with E-state index >= 15 is 0 Å². The predicted octanol–water partition coefficient (Wildman–Crippen LogP) is 1.11. The summed E-state index contributed by atoms with van der Waals surface area (Å²) < 4.78 is 16.1. The van der Waals surface area contributed by atoms with Crippen LogP contribution in [0.5, 0.6) is 5.75 Å². The summed E-state index contributed by atoms with van der Waals surface area (Å²) in [6, 6.07) is 6.73. The molecule has 0 aliphatic rings. The monoisotopic (exact) mass is 282 g/mol. The Hall–Kier alpha value is -1.63. The van der Waals surface area contributed by atoms with Crippen LogP contribution in [-0.4, -0.2) is 38.9 Å². The molecule has 0 bridgehead atoms. The molecular weight excluding hydrogens is 260 g/mol. The molecule has 1 aromatic rings. The van der Waals surface area contributed by atoms with Crippen LogP contribution in [0.2, 0.25) is 0 Å². The van der Waals surface area contributed by atoms with Gasteiger partial charge in [0.2, 0.25) is 0 Å². The average molecular weight is 282 g/mol. The van der Waals surface area contributed by atoms with Crippen LogP contribution in [0.3, 0.4) is 0 Å². The normalized spacial score (nSPS) is 10.3. The standard InChI is InChI=1S/C14H22N2O4/c1-2-7-18-8-9-19-10-11-20-13-5-3-12(4-6-13)14(17)16-15/h3-6H,2,7-11,15H2,1H3,(H,16,17). The maximum Gasteiger partial charge on any atom is 0.265 e. The molecule has 0 unspecified atom stereocenters. The second-order valence-corrected chi connectivity index (χ2v) is 4.07. The summed E-state index contributed by atoms with van der Waals surface area (Å²) in [6.45, 7) is 4.96. The predicted molar refractivity (Wildman–Crippen MR) is 75.5 cm³/mol. The maximum absolute atomic E-state index is 11.2. The van der Waals surface area contributed by atoms with Crippen molar-refractivity contribution in [3.63, 3.8) is 0 Å². The first kappa shape index (κ1) is 16.4. The average Bonchev–Trinajstić information content (AvgIpc) is 2.50. The molecule has 0 fully saturated rings. The molecule has 6 nitrogen and oxygen atoms in total. The van der Waals surface area contributed by atoms with Gasteiger partial charge < -0.3 is 14.2 Å². The highest BCUT2D eigenvalue weighted by molar-refractivity contribution is 5.93. The number of ether oxygens (including phenoxy) is 3. The second kappa shape index (κ2) is 10.2. The minimum atomic E-state index is -0.327. The van der Waals surface area contributed by atoms with Crippen molar-refractivity contribution in [2.24, 2.45) is 5.84 Å². The number of hydrogen-bond donors (Lipinski definition) is 2. The Morgan fingerprint density at radius 2 is 1.65 bits per heavy atom. The molecule has 3 N–H and O–H groups in total. The summed E-state index contributed by atoms with van der Waals surface area (Å²) in [5.41, 5.74) is 2.56. The van der Waals surface area contributed by atoms with Crippen molar-refractivity contribution >= 4 is 5.91 Å². The number of nitrogens with two attached hydrogens (primary N) is 1. The quantitative estimate of drug-likeness (QED) is 0.291. The number of amides is 1. The zero-order chi connectivity index (χ0) is 14.6. The summed E-state index contributed by atoms with van der Waals surface area (Å²) in [7, 11) is 0. The largest absolute Gasteiger partial charge is 0.491 e. The van der Waals surface area contributed by atoms with Crippen molar-refractivity contribution < 1.29 is 19.0 Å². The highest BCUT2D eigenvalue weighted by Gasteiger charge is 2.02. The Balaban J connectivity index is 2.11. The van der Waals surface area contributed by atoms with Gasteiger partial charge in [0, 0.05) is 12.2 Å². The van der Waals surface area contributed by atoms with Gasteiger partial charge in [0.05, 0.1) is 19.8 Å². The van der Waals surface area contributed by atoms with E-state index in [1.165, 1.54) is 0 Å². The van der Waals surface area contributed by atoms with Crippen LogP contribution < -0.4 is 16.0 Å². The molecule has 0 aliphatic carbocycles. The third kappa shape index (κ3) is 6.51. The van der Waals surface area contributed by atoms with Gasteiger partial charge in [-0.3, -0.25) is 10.2 Å². The van der Waals surface area contributed by atoms with Crippen molar-refractivity contribution in [3.05, 3.63) is 29.8 Å². The lowest BCUT2D eigenvalue weighted by Gasteiger charge is -2.08. The molecule has 1 aromatic carbocycles. The van der Waals surface area contributed by atoms with E-state index in [0.29, 0.717) is 37.7 Å². The summed E-state index contributed by atoms with van der Waals surface area (Å²) in [6.07, 6.45) is 1.02. The van der Waals surface area contributed by atoms with Gasteiger partial charge in [-0.1, -0.05) is 6.92 Å². The van der Waals surface area contributed by atoms with Crippen LogP contribution in [-0.2, 0) is 9.47 Å². The molecule has 0 saturated heterocycles. The smallest absolute Gasteiger partial charge is 0.265 e. The van der Waals surface area contributed by atoms with Crippen molar-refractivity contribution in [1.29, 1.82) is 0 Å². The Morgan fingerprint density at radius 1 is 1.05 bits per heavy atom. The fourth-order valence-electron chi connectivity index (χ4n) is 1.47. The zero-order valence-electron chi connectivity index (χ0n) is 11.8. The molecule has 0 atom stereocenters. The third-order valence-electron chi connectivity index (χ3n) is 2.46. The Morgan fingerprint density at radius 3 is 2.25 bits per heavy atom. The number of nitrogens with one attached hydrogen (secondary N) is 1. The Labute approximate surface area is 119 Å². The van der Waals surface area contributed by atoms with E-state index in [-0.39, 0.29) is 5.91 Å². The van der Waals surface area contributed by atoms with E-state index in [1.807, 2.05) is 0 Å². The maximum atomic E-state index is 11.2. The SMILES string of the molecule is CCCOCCOCCOc1ccc(C(=O)NN)cc1. The number of carbonyl (C=O) groups excluding carboxylic acids is 1. The van der Waals surface area contributed by atoms with Crippen molar-refractivity contribution in [3.8, 4) is 5.75 Å². The van der Waals surface area contributed by atoms with Crippen LogP contribution in [0, 0.1) is 0 Å². The van der Waals surface area contributed by atoms with Crippen LogP contribution in [0.4, 0.5) is 0 Å². The van der Waals surface area contributed by atoms with E-state index in [4.69, 9.17) is 20.1 Å². The molecule has 0 radical (unpaired) electrons. The van der Waals surface area contributed by atoms with Crippen molar-refractivity contribution in [2.45, 2.75) is 13.3 Å². The van der Waals surface area contributed by atoms with E-state index in [2.05, 4.69) is 12.3 Å². The third-order valence-corrected chi connectivity index (χ3v) is 2.46. The first-order valence-electron chi connectivity index (χ1n) is 6.67. The molecule has 112 valence electrons. The lowest BCUT2D eigenvalue weighted by molar-refractivity contribution is 0.0366. The van der Waals surface area contributed by atoms with Gasteiger partial charge in [-0.05, 0) is 30.7 Å². The van der Waals surface area contributed by atoms with Gasteiger partial charge in [0.1, 0.15) is 12.4 Å². The Bertz CT molecular complexity index is 381. The number of rotatable bonds is 10. The minimum Gasteiger partial charge on any atom is -0.491 e. The van der Waals surface area contributed by atoms with Crippen molar-refractivity contribution in [1.82, 2.24) is 5.43 Å². The lowest BCUT2D eigenvalue weighted by Crippen LogP contribution is -2.29. The van der Waals surface area contributed by atoms with E-state index in [9.17, 15) is 4.79 Å². The van der Waals surface area contributed by atoms with Gasteiger partial charge in [-0.25, -0.2) is 5.84 Å². The molecule has 0 saturated carbocycles. The molecule has 20 heavy (non-hydrogen) atoms. The summed E-state index contributed by atoms with van der Waals surface area (Å²) in [4.78, 5) is 11.2. The van der Waals surface area contributed by atoms with Gasteiger partial charge in [0.25, 0.3) is 5.91 Å². The lowest BCUT2D eigenvalue weighted by atomic mass is 10.2. The number of hydrazine groups is 1. The fraction of sp³-hybridized carbons (Fsp3) is 0.500. The highest BCUT2D eigenvalue weighted by Crippen LogP contribution is 2.11. The van der Waals surface area contributed by atoms with Gasteiger partial charge in [0.15, 0.2) is 0 Å². The summed E-state index contributed by atoms with van der Waals surface area (Å²) >= 11 is 0. The summed E-state index contributed by atoms with van der Waals surface area (Å²) in [5.74, 6) is 5.40. The molecule has 0 spiro atoms. The summed E-state index contributed by atoms with van der Waals surface area (Å²) in [5, 5.41) is 0. The number of hydrogen-bond acceptors (Lipinski definition) is 5. The van der Waals surface area contributed by atoms with Crippen LogP contribution >= 0.6 is 0 Å². The van der Waals surface area contributed by atoms with Crippen LogP contribution in [0.1, 0.15) is 23.7 Å². The minimum absolute atomic E-state index is 0.327. The molecule has 0 heterocycles. The second-order valence-electron chi connectivity index (χ2n) is 4.07. The number of carbonyl (C=O) groups is 1. The molecule has 0 aromatic heterocycles. The van der Waals surface area contributed by atoms with Gasteiger partial charge >= 0.3 is 0 Å². The fourth-order valence-corrected chi connectivity index (χ4v) is 1.47. The Kier molecular flexibility index (Phi) is 8.37. The van der Waals surface area contributed by atoms with E-state index in [1.54, 1.807) is 24.3 Å². The molecule has 0 aliphatic heterocycles. The first-order valence-corrected chi connectivity index (χ1v) is 6.67. The molecule has 6 heteroatoms. The highest BCUT2D eigenvalue weighted by atomic mass is 16.5.